The highest BCUT2D eigenvalue weighted by Crippen LogP contribution is 2.28. The van der Waals surface area contributed by atoms with Gasteiger partial charge in [0, 0.05) is 22.2 Å². The molecule has 0 aliphatic rings. The number of allylic oxidation sites excluding steroid dienone is 1. The van der Waals surface area contributed by atoms with Gasteiger partial charge in [-0.2, -0.15) is 0 Å². The molecule has 11 heteroatoms. The summed E-state index contributed by atoms with van der Waals surface area (Å²) in [6, 6.07) is 11.1. The van der Waals surface area contributed by atoms with Gasteiger partial charge in [-0.15, -0.1) is 16.8 Å². The van der Waals surface area contributed by atoms with Crippen LogP contribution in [-0.2, 0) is 11.3 Å². The first-order valence-electron chi connectivity index (χ1n) is 10.2. The van der Waals surface area contributed by atoms with E-state index < -0.39 is 6.04 Å². The van der Waals surface area contributed by atoms with Gasteiger partial charge in [-0.1, -0.05) is 41.0 Å². The lowest BCUT2D eigenvalue weighted by molar-refractivity contribution is -0.113. The Morgan fingerprint density at radius 3 is 2.56 bits per heavy atom. The molecule has 2 N–H and O–H groups in total. The number of anilines is 1. The molecule has 0 bridgehead atoms. The summed E-state index contributed by atoms with van der Waals surface area (Å²) in [7, 11) is 1.51. The summed E-state index contributed by atoms with van der Waals surface area (Å²) >= 11 is 13.1. The lowest BCUT2D eigenvalue weighted by Gasteiger charge is -2.15. The van der Waals surface area contributed by atoms with Crippen molar-refractivity contribution in [3.63, 3.8) is 0 Å². The van der Waals surface area contributed by atoms with Crippen molar-refractivity contribution < 1.29 is 14.3 Å². The van der Waals surface area contributed by atoms with Crippen LogP contribution in [0.2, 0.25) is 10.0 Å². The van der Waals surface area contributed by atoms with Crippen molar-refractivity contribution in [3.8, 4) is 5.75 Å². The van der Waals surface area contributed by atoms with Crippen LogP contribution in [0.1, 0.15) is 29.1 Å². The Morgan fingerprint density at radius 2 is 1.88 bits per heavy atom. The van der Waals surface area contributed by atoms with Gasteiger partial charge in [-0.05, 0) is 49.4 Å². The van der Waals surface area contributed by atoms with Gasteiger partial charge in [0.15, 0.2) is 11.0 Å². The van der Waals surface area contributed by atoms with Crippen molar-refractivity contribution in [3.05, 3.63) is 76.6 Å². The fourth-order valence-corrected chi connectivity index (χ4v) is 4.12. The Hall–Kier alpha value is -3.01. The van der Waals surface area contributed by atoms with Crippen molar-refractivity contribution in [2.75, 3.05) is 18.2 Å². The Kier molecular flexibility index (Phi) is 8.98. The number of benzene rings is 2. The molecule has 1 heterocycles. The summed E-state index contributed by atoms with van der Waals surface area (Å²) in [5.41, 5.74) is 0.959. The van der Waals surface area contributed by atoms with Gasteiger partial charge in [0.2, 0.25) is 5.91 Å². The first kappa shape index (κ1) is 25.6. The largest absolute Gasteiger partial charge is 0.495 e. The number of hydrogen-bond acceptors (Lipinski definition) is 6. The normalized spacial score (nSPS) is 11.5. The third kappa shape index (κ3) is 6.53. The highest BCUT2D eigenvalue weighted by Gasteiger charge is 2.21. The van der Waals surface area contributed by atoms with E-state index in [4.69, 9.17) is 27.9 Å². The third-order valence-corrected chi connectivity index (χ3v) is 6.12. The predicted molar refractivity (Wildman–Crippen MR) is 135 cm³/mol. The Bertz CT molecular complexity index is 1180. The zero-order valence-electron chi connectivity index (χ0n) is 18.5. The van der Waals surface area contributed by atoms with Gasteiger partial charge in [0.05, 0.1) is 24.6 Å². The van der Waals surface area contributed by atoms with E-state index in [2.05, 4.69) is 27.4 Å². The van der Waals surface area contributed by atoms with Crippen LogP contribution in [0.4, 0.5) is 5.69 Å². The second kappa shape index (κ2) is 11.9. The van der Waals surface area contributed by atoms with Crippen molar-refractivity contribution in [1.82, 2.24) is 20.1 Å². The van der Waals surface area contributed by atoms with Crippen LogP contribution >= 0.6 is 35.0 Å². The number of rotatable bonds is 10. The first-order valence-corrected chi connectivity index (χ1v) is 11.9. The van der Waals surface area contributed by atoms with Gasteiger partial charge in [-0.25, -0.2) is 0 Å². The third-order valence-electron chi connectivity index (χ3n) is 4.67. The molecular weight excluding hydrogens is 497 g/mol. The van der Waals surface area contributed by atoms with Crippen molar-refractivity contribution in [1.29, 1.82) is 0 Å². The topological polar surface area (TPSA) is 98.1 Å². The molecule has 3 aromatic rings. The fourth-order valence-electron chi connectivity index (χ4n) is 3.07. The minimum atomic E-state index is -0.436. The van der Waals surface area contributed by atoms with E-state index in [1.54, 1.807) is 53.1 Å². The second-order valence-corrected chi connectivity index (χ2v) is 8.94. The summed E-state index contributed by atoms with van der Waals surface area (Å²) in [5, 5.41) is 15.7. The van der Waals surface area contributed by atoms with Crippen LogP contribution < -0.4 is 15.4 Å². The van der Waals surface area contributed by atoms with Gasteiger partial charge < -0.3 is 19.9 Å². The van der Waals surface area contributed by atoms with Crippen molar-refractivity contribution in [2.45, 2.75) is 24.7 Å². The maximum Gasteiger partial charge on any atom is 0.251 e. The lowest BCUT2D eigenvalue weighted by Crippen LogP contribution is -2.28. The molecule has 0 fully saturated rings. The Morgan fingerprint density at radius 1 is 1.18 bits per heavy atom. The van der Waals surface area contributed by atoms with Gasteiger partial charge in [-0.3, -0.25) is 9.59 Å². The number of ether oxygens (including phenoxy) is 1. The molecule has 0 aliphatic heterocycles. The molecule has 0 aliphatic carbocycles. The summed E-state index contributed by atoms with van der Waals surface area (Å²) in [4.78, 5) is 25.1. The number of thioether (sulfide) groups is 1. The number of methoxy groups -OCH3 is 1. The Labute approximate surface area is 211 Å². The van der Waals surface area contributed by atoms with Crippen LogP contribution in [0.15, 0.2) is 60.3 Å². The minimum Gasteiger partial charge on any atom is -0.495 e. The quantitative estimate of drug-likeness (QED) is 0.288. The van der Waals surface area contributed by atoms with E-state index in [0.29, 0.717) is 44.6 Å². The molecule has 2 amide bonds. The average molecular weight is 520 g/mol. The molecule has 8 nitrogen and oxygen atoms in total. The number of hydrogen-bond donors (Lipinski definition) is 2. The molecule has 3 rings (SSSR count). The fraction of sp³-hybridized carbons (Fsp3) is 0.217. The summed E-state index contributed by atoms with van der Waals surface area (Å²) in [6.45, 7) is 6.00. The van der Waals surface area contributed by atoms with E-state index in [1.807, 2.05) is 6.92 Å². The highest BCUT2D eigenvalue weighted by atomic mass is 35.5. The molecule has 0 spiro atoms. The van der Waals surface area contributed by atoms with Gasteiger partial charge in [0.1, 0.15) is 5.75 Å². The summed E-state index contributed by atoms with van der Waals surface area (Å²) in [6.07, 6.45) is 1.70. The molecular formula is C23H23Cl2N5O3S. The van der Waals surface area contributed by atoms with E-state index in [9.17, 15) is 9.59 Å². The molecule has 1 atom stereocenters. The predicted octanol–water partition coefficient (Wildman–Crippen LogP) is 5.00. The van der Waals surface area contributed by atoms with Crippen molar-refractivity contribution >= 4 is 52.5 Å². The smallest absolute Gasteiger partial charge is 0.251 e. The molecule has 178 valence electrons. The van der Waals surface area contributed by atoms with Gasteiger partial charge >= 0.3 is 0 Å². The number of aromatic nitrogens is 3. The number of amides is 2. The molecule has 1 aromatic heterocycles. The van der Waals surface area contributed by atoms with Crippen LogP contribution in [0.3, 0.4) is 0 Å². The molecule has 0 saturated heterocycles. The molecule has 0 saturated carbocycles. The number of halogens is 2. The monoisotopic (exact) mass is 519 g/mol. The Balaban J connectivity index is 1.68. The van der Waals surface area contributed by atoms with Crippen LogP contribution in [0.5, 0.6) is 5.75 Å². The van der Waals surface area contributed by atoms with E-state index >= 15 is 0 Å². The van der Waals surface area contributed by atoms with Gasteiger partial charge in [0.25, 0.3) is 5.91 Å². The minimum absolute atomic E-state index is 0.0798. The number of nitrogens with zero attached hydrogens (tertiary/aromatic N) is 3. The van der Waals surface area contributed by atoms with Crippen LogP contribution in [0.25, 0.3) is 0 Å². The highest BCUT2D eigenvalue weighted by molar-refractivity contribution is 7.99. The zero-order valence-corrected chi connectivity index (χ0v) is 20.9. The van der Waals surface area contributed by atoms with Crippen molar-refractivity contribution in [2.24, 2.45) is 0 Å². The summed E-state index contributed by atoms with van der Waals surface area (Å²) in [5.74, 6) is 0.605. The molecule has 0 radical (unpaired) electrons. The molecule has 0 unspecified atom stereocenters. The van der Waals surface area contributed by atoms with E-state index in [0.717, 1.165) is 0 Å². The maximum absolute atomic E-state index is 12.6. The number of carbonyl (C=O) groups is 2. The second-order valence-electron chi connectivity index (χ2n) is 7.12. The van der Waals surface area contributed by atoms with Crippen LogP contribution in [-0.4, -0.2) is 39.4 Å². The SMILES string of the molecule is C=CCn1c(SCC(=O)Nc2cc(Cl)ccc2OC)nnc1[C@H](C)NC(=O)c1ccc(Cl)cc1. The molecule has 2 aromatic carbocycles. The summed E-state index contributed by atoms with van der Waals surface area (Å²) < 4.78 is 7.06. The van der Waals surface area contributed by atoms with Crippen LogP contribution in [0, 0.1) is 0 Å². The first-order chi connectivity index (χ1) is 16.3. The van der Waals surface area contributed by atoms with E-state index in [-0.39, 0.29) is 17.6 Å². The van der Waals surface area contributed by atoms with E-state index in [1.165, 1.54) is 18.9 Å². The average Bonchev–Trinajstić information content (AvgIpc) is 3.21. The zero-order chi connectivity index (χ0) is 24.7. The number of nitrogens with one attached hydrogen (secondary N) is 2. The number of carbonyl (C=O) groups excluding carboxylic acids is 2. The standard InChI is InChI=1S/C23H23Cl2N5O3S/c1-4-11-30-21(14(2)26-22(32)15-5-7-16(24)8-6-15)28-29-23(30)34-13-20(31)27-18-12-17(25)9-10-19(18)33-3/h4-10,12,14H,1,11,13H2,2-3H3,(H,26,32)(H,27,31)/t14-/m0/s1. The maximum atomic E-state index is 12.6. The molecule has 34 heavy (non-hydrogen) atoms. The lowest BCUT2D eigenvalue weighted by atomic mass is 10.2.